The largest absolute Gasteiger partial charge is 0.351 e. The second kappa shape index (κ2) is 9.79. The number of urea groups is 1. The van der Waals surface area contributed by atoms with E-state index in [2.05, 4.69) is 15.2 Å². The van der Waals surface area contributed by atoms with Crippen molar-refractivity contribution in [3.63, 3.8) is 0 Å². The number of piperazine rings is 1. The van der Waals surface area contributed by atoms with Gasteiger partial charge in [-0.05, 0) is 54.5 Å². The number of amides is 3. The second-order valence-corrected chi connectivity index (χ2v) is 8.20. The highest BCUT2D eigenvalue weighted by Gasteiger charge is 2.26. The maximum absolute atomic E-state index is 13.1. The minimum Gasteiger partial charge on any atom is -0.351 e. The number of halogens is 1. The maximum Gasteiger partial charge on any atom is 0.316 e. The molecule has 0 spiro atoms. The van der Waals surface area contributed by atoms with Gasteiger partial charge in [-0.15, -0.1) is 0 Å². The highest BCUT2D eigenvalue weighted by molar-refractivity contribution is 5.98. The Hall–Kier alpha value is -3.78. The Morgan fingerprint density at radius 2 is 2.00 bits per heavy atom. The average Bonchev–Trinajstić information content (AvgIpc) is 2.78. The number of hydrogen-bond donors (Lipinski definition) is 2. The molecule has 1 aliphatic heterocycles. The number of carbonyl (C=O) groups is 2. The van der Waals surface area contributed by atoms with Crippen molar-refractivity contribution in [2.75, 3.05) is 25.0 Å². The molecule has 4 rings (SSSR count). The zero-order chi connectivity index (χ0) is 23.4. The van der Waals surface area contributed by atoms with Crippen LogP contribution in [0.2, 0.25) is 0 Å². The van der Waals surface area contributed by atoms with Crippen molar-refractivity contribution in [1.29, 1.82) is 0 Å². The lowest BCUT2D eigenvalue weighted by atomic mass is 10.1. The van der Waals surface area contributed by atoms with Crippen LogP contribution in [0.4, 0.5) is 14.9 Å². The van der Waals surface area contributed by atoms with E-state index in [1.54, 1.807) is 30.5 Å². The minimum absolute atomic E-state index is 0.0281. The third-order valence-electron chi connectivity index (χ3n) is 5.75. The Bertz CT molecular complexity index is 1200. The van der Waals surface area contributed by atoms with Gasteiger partial charge in [0.05, 0.1) is 11.2 Å². The van der Waals surface area contributed by atoms with Crippen LogP contribution in [-0.2, 0) is 11.3 Å². The van der Waals surface area contributed by atoms with Gasteiger partial charge in [-0.2, -0.15) is 0 Å². The second-order valence-electron chi connectivity index (χ2n) is 8.20. The van der Waals surface area contributed by atoms with Crippen LogP contribution in [0.25, 0.3) is 17.0 Å². The van der Waals surface area contributed by atoms with Crippen LogP contribution in [0.15, 0.2) is 60.8 Å². The molecule has 170 valence electrons. The van der Waals surface area contributed by atoms with Gasteiger partial charge in [0.25, 0.3) is 0 Å². The molecular weight excluding hydrogens is 421 g/mol. The number of pyridine rings is 1. The molecule has 1 aromatic heterocycles. The molecule has 3 amide bonds. The molecule has 1 fully saturated rings. The van der Waals surface area contributed by atoms with E-state index >= 15 is 0 Å². The predicted octanol–water partition coefficient (Wildman–Crippen LogP) is 3.61. The van der Waals surface area contributed by atoms with E-state index in [9.17, 15) is 14.0 Å². The van der Waals surface area contributed by atoms with Gasteiger partial charge < -0.3 is 16.0 Å². The first-order chi connectivity index (χ1) is 15.9. The molecule has 0 aliphatic carbocycles. The lowest BCUT2D eigenvalue weighted by Gasteiger charge is -2.39. The van der Waals surface area contributed by atoms with Gasteiger partial charge in [0, 0.05) is 49.9 Å². The summed E-state index contributed by atoms with van der Waals surface area (Å²) in [5.41, 5.74) is 8.24. The van der Waals surface area contributed by atoms with Crippen molar-refractivity contribution >= 4 is 34.6 Å². The standard InChI is InChI=1S/C25H26FN5O2/c1-17-15-30(16-18-4-7-21(26)8-5-18)11-12-31(17)24(32)9-6-20-13-19-3-2-10-28-22(19)14-23(20)29-25(27)33/h2-10,13-14,17H,11-12,15-16H2,1H3,(H3,27,29,33). The van der Waals surface area contributed by atoms with Crippen LogP contribution in [0, 0.1) is 5.82 Å². The molecule has 0 bridgehead atoms. The fourth-order valence-corrected chi connectivity index (χ4v) is 4.13. The van der Waals surface area contributed by atoms with E-state index < -0.39 is 6.03 Å². The molecule has 1 atom stereocenters. The summed E-state index contributed by atoms with van der Waals surface area (Å²) in [7, 11) is 0. The third kappa shape index (κ3) is 5.53. The van der Waals surface area contributed by atoms with Gasteiger partial charge in [-0.25, -0.2) is 9.18 Å². The third-order valence-corrected chi connectivity index (χ3v) is 5.75. The van der Waals surface area contributed by atoms with E-state index in [4.69, 9.17) is 5.73 Å². The van der Waals surface area contributed by atoms with Crippen molar-refractivity contribution in [3.05, 3.63) is 77.7 Å². The van der Waals surface area contributed by atoms with E-state index in [0.29, 0.717) is 17.8 Å². The summed E-state index contributed by atoms with van der Waals surface area (Å²) in [5, 5.41) is 3.49. The summed E-state index contributed by atoms with van der Waals surface area (Å²) in [6, 6.07) is 13.2. The molecule has 0 radical (unpaired) electrons. The number of anilines is 1. The van der Waals surface area contributed by atoms with Gasteiger partial charge in [-0.1, -0.05) is 18.2 Å². The molecule has 8 heteroatoms. The van der Waals surface area contributed by atoms with E-state index in [1.165, 1.54) is 18.2 Å². The number of carbonyl (C=O) groups excluding carboxylic acids is 2. The van der Waals surface area contributed by atoms with Crippen molar-refractivity contribution in [3.8, 4) is 0 Å². The van der Waals surface area contributed by atoms with Crippen LogP contribution in [0.1, 0.15) is 18.1 Å². The first kappa shape index (κ1) is 22.4. The fraction of sp³-hybridized carbons (Fsp3) is 0.240. The van der Waals surface area contributed by atoms with Gasteiger partial charge >= 0.3 is 6.03 Å². The predicted molar refractivity (Wildman–Crippen MR) is 127 cm³/mol. The van der Waals surface area contributed by atoms with Crippen LogP contribution in [-0.4, -0.2) is 52.4 Å². The molecule has 33 heavy (non-hydrogen) atoms. The lowest BCUT2D eigenvalue weighted by Crippen LogP contribution is -2.53. The van der Waals surface area contributed by atoms with Gasteiger partial charge in [0.2, 0.25) is 5.91 Å². The molecule has 2 heterocycles. The summed E-state index contributed by atoms with van der Waals surface area (Å²) in [4.78, 5) is 32.8. The van der Waals surface area contributed by atoms with Crippen LogP contribution >= 0.6 is 0 Å². The Morgan fingerprint density at radius 3 is 2.73 bits per heavy atom. The first-order valence-corrected chi connectivity index (χ1v) is 10.8. The van der Waals surface area contributed by atoms with Gasteiger partial charge in [-0.3, -0.25) is 14.7 Å². The number of benzene rings is 2. The number of nitrogens with zero attached hydrogens (tertiary/aromatic N) is 3. The summed E-state index contributed by atoms with van der Waals surface area (Å²) in [6.45, 7) is 4.80. The van der Waals surface area contributed by atoms with E-state index in [1.807, 2.05) is 30.0 Å². The quantitative estimate of drug-likeness (QED) is 0.585. The lowest BCUT2D eigenvalue weighted by molar-refractivity contribution is -0.130. The van der Waals surface area contributed by atoms with Gasteiger partial charge in [0.1, 0.15) is 5.82 Å². The van der Waals surface area contributed by atoms with Gasteiger partial charge in [0.15, 0.2) is 0 Å². The highest BCUT2D eigenvalue weighted by Crippen LogP contribution is 2.24. The molecular formula is C25H26FN5O2. The average molecular weight is 448 g/mol. The van der Waals surface area contributed by atoms with E-state index in [-0.39, 0.29) is 17.8 Å². The molecule has 3 N–H and O–H groups in total. The van der Waals surface area contributed by atoms with Crippen LogP contribution in [0.3, 0.4) is 0 Å². The molecule has 1 aliphatic rings. The maximum atomic E-state index is 13.1. The topological polar surface area (TPSA) is 91.6 Å². The highest BCUT2D eigenvalue weighted by atomic mass is 19.1. The Balaban J connectivity index is 1.44. The smallest absolute Gasteiger partial charge is 0.316 e. The fourth-order valence-electron chi connectivity index (χ4n) is 4.13. The summed E-state index contributed by atoms with van der Waals surface area (Å²) >= 11 is 0. The Kier molecular flexibility index (Phi) is 6.65. The normalized spacial score (nSPS) is 16.9. The molecule has 7 nitrogen and oxygen atoms in total. The summed E-state index contributed by atoms with van der Waals surface area (Å²) < 4.78 is 13.1. The SMILES string of the molecule is CC1CN(Cc2ccc(F)cc2)CCN1C(=O)C=Cc1cc2cccnc2cc1NC(N)=O. The summed E-state index contributed by atoms with van der Waals surface area (Å²) in [5.74, 6) is -0.341. The molecule has 0 saturated carbocycles. The number of rotatable bonds is 5. The van der Waals surface area contributed by atoms with Crippen molar-refractivity contribution < 1.29 is 14.0 Å². The Morgan fingerprint density at radius 1 is 1.21 bits per heavy atom. The number of aromatic nitrogens is 1. The molecule has 2 aromatic carbocycles. The van der Waals surface area contributed by atoms with Crippen molar-refractivity contribution in [1.82, 2.24) is 14.8 Å². The van der Waals surface area contributed by atoms with Crippen LogP contribution < -0.4 is 11.1 Å². The molecule has 3 aromatic rings. The number of fused-ring (bicyclic) bond motifs is 1. The van der Waals surface area contributed by atoms with E-state index in [0.717, 1.165) is 36.1 Å². The zero-order valence-corrected chi connectivity index (χ0v) is 18.4. The number of primary amides is 1. The minimum atomic E-state index is -0.683. The monoisotopic (exact) mass is 447 g/mol. The first-order valence-electron chi connectivity index (χ1n) is 10.8. The molecule has 1 unspecified atom stereocenters. The Labute approximate surface area is 191 Å². The summed E-state index contributed by atoms with van der Waals surface area (Å²) in [6.07, 6.45) is 4.89. The van der Waals surface area contributed by atoms with Crippen molar-refractivity contribution in [2.24, 2.45) is 5.73 Å². The molecule has 1 saturated heterocycles. The van der Waals surface area contributed by atoms with Crippen LogP contribution in [0.5, 0.6) is 0 Å². The number of hydrogen-bond acceptors (Lipinski definition) is 4. The van der Waals surface area contributed by atoms with Crippen molar-refractivity contribution in [2.45, 2.75) is 19.5 Å². The number of nitrogens with two attached hydrogens (primary N) is 1. The zero-order valence-electron chi connectivity index (χ0n) is 18.4. The number of nitrogens with one attached hydrogen (secondary N) is 1.